The number of nitrogens with zero attached hydrogens (tertiary/aromatic N) is 1. The van der Waals surface area contributed by atoms with Gasteiger partial charge in [0, 0.05) is 18.5 Å². The molecule has 1 amide bonds. The standard InChI is InChI=1S/C13H17NO3S/c1-9-4-8-18-10(9)3-7-14(2)11(15)13(5-6-13)12(16)17/h4,8H,3,5-7H2,1-2H3,(H,16,17). The van der Waals surface area contributed by atoms with Crippen LogP contribution in [0.1, 0.15) is 23.3 Å². The number of hydrogen-bond donors (Lipinski definition) is 1. The Balaban J connectivity index is 1.93. The Morgan fingerprint density at radius 1 is 1.50 bits per heavy atom. The number of likely N-dealkylation sites (N-methyl/N-ethyl adjacent to an activating group) is 1. The fourth-order valence-electron chi connectivity index (χ4n) is 2.04. The van der Waals surface area contributed by atoms with Crippen molar-refractivity contribution in [3.05, 3.63) is 21.9 Å². The Hall–Kier alpha value is -1.36. The lowest BCUT2D eigenvalue weighted by Crippen LogP contribution is -2.39. The van der Waals surface area contributed by atoms with Crippen LogP contribution in [0.5, 0.6) is 0 Å². The quantitative estimate of drug-likeness (QED) is 0.829. The predicted octanol–water partition coefficient (Wildman–Crippen LogP) is 1.92. The summed E-state index contributed by atoms with van der Waals surface area (Å²) in [6.07, 6.45) is 1.74. The minimum atomic E-state index is -1.11. The molecule has 1 heterocycles. The van der Waals surface area contributed by atoms with E-state index in [0.717, 1.165) is 6.42 Å². The third-order valence-corrected chi connectivity index (χ3v) is 4.64. The fourth-order valence-corrected chi connectivity index (χ4v) is 2.94. The number of rotatable bonds is 5. The lowest BCUT2D eigenvalue weighted by atomic mass is 10.1. The molecule has 2 rings (SSSR count). The number of thiophene rings is 1. The van der Waals surface area contributed by atoms with Gasteiger partial charge in [-0.15, -0.1) is 11.3 Å². The molecule has 1 fully saturated rings. The van der Waals surface area contributed by atoms with E-state index in [0.29, 0.717) is 19.4 Å². The van der Waals surface area contributed by atoms with Crippen LogP contribution in [0.2, 0.25) is 0 Å². The van der Waals surface area contributed by atoms with Gasteiger partial charge in [-0.05, 0) is 43.2 Å². The molecule has 1 N–H and O–H groups in total. The van der Waals surface area contributed by atoms with E-state index in [-0.39, 0.29) is 5.91 Å². The Morgan fingerprint density at radius 2 is 2.17 bits per heavy atom. The van der Waals surface area contributed by atoms with E-state index in [4.69, 9.17) is 5.11 Å². The van der Waals surface area contributed by atoms with E-state index < -0.39 is 11.4 Å². The van der Waals surface area contributed by atoms with Crippen LogP contribution in [0.3, 0.4) is 0 Å². The van der Waals surface area contributed by atoms with Gasteiger partial charge in [-0.1, -0.05) is 0 Å². The molecule has 0 radical (unpaired) electrons. The zero-order valence-corrected chi connectivity index (χ0v) is 11.4. The van der Waals surface area contributed by atoms with E-state index in [1.54, 1.807) is 23.3 Å². The smallest absolute Gasteiger partial charge is 0.319 e. The van der Waals surface area contributed by atoms with Crippen molar-refractivity contribution in [2.75, 3.05) is 13.6 Å². The van der Waals surface area contributed by atoms with E-state index >= 15 is 0 Å². The SMILES string of the molecule is Cc1ccsc1CCN(C)C(=O)C1(C(=O)O)CC1. The molecule has 4 nitrogen and oxygen atoms in total. The van der Waals surface area contributed by atoms with Crippen LogP contribution < -0.4 is 0 Å². The highest BCUT2D eigenvalue weighted by atomic mass is 32.1. The summed E-state index contributed by atoms with van der Waals surface area (Å²) in [5.74, 6) is -1.23. The van der Waals surface area contributed by atoms with Crippen LogP contribution >= 0.6 is 11.3 Å². The van der Waals surface area contributed by atoms with Crippen LogP contribution in [0.15, 0.2) is 11.4 Å². The van der Waals surface area contributed by atoms with Crippen molar-refractivity contribution in [1.29, 1.82) is 0 Å². The molecule has 1 saturated carbocycles. The zero-order chi connectivity index (χ0) is 13.3. The number of carboxylic acid groups (broad SMARTS) is 1. The molecule has 0 aliphatic heterocycles. The summed E-state index contributed by atoms with van der Waals surface area (Å²) in [5, 5.41) is 11.1. The summed E-state index contributed by atoms with van der Waals surface area (Å²) in [6, 6.07) is 2.06. The van der Waals surface area contributed by atoms with E-state index in [9.17, 15) is 9.59 Å². The Morgan fingerprint density at radius 3 is 2.61 bits per heavy atom. The minimum Gasteiger partial charge on any atom is -0.480 e. The van der Waals surface area contributed by atoms with E-state index in [1.807, 2.05) is 12.3 Å². The summed E-state index contributed by atoms with van der Waals surface area (Å²) in [4.78, 5) is 25.9. The minimum absolute atomic E-state index is 0.246. The number of amides is 1. The van der Waals surface area contributed by atoms with Crippen LogP contribution in [0.4, 0.5) is 0 Å². The first-order chi connectivity index (χ1) is 8.47. The highest BCUT2D eigenvalue weighted by Gasteiger charge is 2.58. The van der Waals surface area contributed by atoms with Crippen LogP contribution in [-0.2, 0) is 16.0 Å². The Kier molecular flexibility index (Phi) is 3.43. The molecule has 1 aliphatic rings. The molecule has 0 aromatic carbocycles. The predicted molar refractivity (Wildman–Crippen MR) is 69.7 cm³/mol. The average molecular weight is 267 g/mol. The van der Waals surface area contributed by atoms with Crippen molar-refractivity contribution in [2.45, 2.75) is 26.2 Å². The second-order valence-corrected chi connectivity index (χ2v) is 5.89. The average Bonchev–Trinajstić information content (AvgIpc) is 3.05. The van der Waals surface area contributed by atoms with Crippen LogP contribution in [-0.4, -0.2) is 35.5 Å². The fraction of sp³-hybridized carbons (Fsp3) is 0.538. The number of carbonyl (C=O) groups excluding carboxylic acids is 1. The number of aryl methyl sites for hydroxylation is 1. The first-order valence-corrected chi connectivity index (χ1v) is 6.87. The van der Waals surface area contributed by atoms with Crippen molar-refractivity contribution in [3.8, 4) is 0 Å². The summed E-state index contributed by atoms with van der Waals surface area (Å²) in [5.41, 5.74) is 0.124. The summed E-state index contributed by atoms with van der Waals surface area (Å²) < 4.78 is 0. The maximum atomic E-state index is 12.1. The highest BCUT2D eigenvalue weighted by Crippen LogP contribution is 2.47. The van der Waals surface area contributed by atoms with Gasteiger partial charge in [0.05, 0.1) is 0 Å². The highest BCUT2D eigenvalue weighted by molar-refractivity contribution is 7.10. The van der Waals surface area contributed by atoms with Crippen molar-refractivity contribution in [2.24, 2.45) is 5.41 Å². The molecule has 0 spiro atoms. The molecule has 98 valence electrons. The molecule has 1 aliphatic carbocycles. The van der Waals surface area contributed by atoms with Crippen LogP contribution in [0, 0.1) is 12.3 Å². The second kappa shape index (κ2) is 4.72. The lowest BCUT2D eigenvalue weighted by molar-refractivity contribution is -0.152. The number of carbonyl (C=O) groups is 2. The zero-order valence-electron chi connectivity index (χ0n) is 10.6. The van der Waals surface area contributed by atoms with Gasteiger partial charge >= 0.3 is 5.97 Å². The molecule has 0 unspecified atom stereocenters. The van der Waals surface area contributed by atoms with Gasteiger partial charge in [0.2, 0.25) is 5.91 Å². The van der Waals surface area contributed by atoms with E-state index in [2.05, 4.69) is 6.07 Å². The van der Waals surface area contributed by atoms with Gasteiger partial charge in [-0.3, -0.25) is 9.59 Å². The summed E-state index contributed by atoms with van der Waals surface area (Å²) >= 11 is 1.68. The van der Waals surface area contributed by atoms with Gasteiger partial charge in [-0.25, -0.2) is 0 Å². The maximum Gasteiger partial charge on any atom is 0.319 e. The molecule has 18 heavy (non-hydrogen) atoms. The maximum absolute atomic E-state index is 12.1. The van der Waals surface area contributed by atoms with Gasteiger partial charge in [0.15, 0.2) is 0 Å². The molecule has 0 bridgehead atoms. The Bertz CT molecular complexity index is 476. The molecule has 0 saturated heterocycles. The molecular formula is C13H17NO3S. The Labute approximate surface area is 110 Å². The van der Waals surface area contributed by atoms with Gasteiger partial charge in [0.1, 0.15) is 5.41 Å². The third-order valence-electron chi connectivity index (χ3n) is 3.56. The molecule has 1 aromatic heterocycles. The van der Waals surface area contributed by atoms with Crippen molar-refractivity contribution in [1.82, 2.24) is 4.90 Å². The van der Waals surface area contributed by atoms with Gasteiger partial charge < -0.3 is 10.0 Å². The van der Waals surface area contributed by atoms with E-state index in [1.165, 1.54) is 10.4 Å². The van der Waals surface area contributed by atoms with Crippen molar-refractivity contribution < 1.29 is 14.7 Å². The molecule has 0 atom stereocenters. The van der Waals surface area contributed by atoms with Crippen LogP contribution in [0.25, 0.3) is 0 Å². The lowest BCUT2D eigenvalue weighted by Gasteiger charge is -2.20. The summed E-state index contributed by atoms with van der Waals surface area (Å²) in [7, 11) is 1.69. The second-order valence-electron chi connectivity index (χ2n) is 4.89. The van der Waals surface area contributed by atoms with Gasteiger partial charge in [-0.2, -0.15) is 0 Å². The normalized spacial score (nSPS) is 16.3. The van der Waals surface area contributed by atoms with Crippen molar-refractivity contribution in [3.63, 3.8) is 0 Å². The largest absolute Gasteiger partial charge is 0.480 e. The molecule has 1 aromatic rings. The molecular weight excluding hydrogens is 250 g/mol. The molecule has 5 heteroatoms. The summed E-state index contributed by atoms with van der Waals surface area (Å²) in [6.45, 7) is 2.63. The topological polar surface area (TPSA) is 57.6 Å². The third kappa shape index (κ3) is 2.27. The monoisotopic (exact) mass is 267 g/mol. The first-order valence-electron chi connectivity index (χ1n) is 5.99. The number of aliphatic carboxylic acids is 1. The number of hydrogen-bond acceptors (Lipinski definition) is 3. The first kappa shape index (κ1) is 13.1. The van der Waals surface area contributed by atoms with Crippen molar-refractivity contribution >= 4 is 23.2 Å². The van der Waals surface area contributed by atoms with Gasteiger partial charge in [0.25, 0.3) is 0 Å². The number of carboxylic acids is 1.